The lowest BCUT2D eigenvalue weighted by Gasteiger charge is -2.51. The molecule has 0 spiro atoms. The Morgan fingerprint density at radius 2 is 1.25 bits per heavy atom. The Morgan fingerprint density at radius 1 is 0.688 bits per heavy atom. The molecule has 3 nitrogen and oxygen atoms in total. The molecule has 32 heavy (non-hydrogen) atoms. The van der Waals surface area contributed by atoms with Gasteiger partial charge in [-0.1, -0.05) is 84.9 Å². The van der Waals surface area contributed by atoms with Gasteiger partial charge in [-0.05, 0) is 40.6 Å². The van der Waals surface area contributed by atoms with Gasteiger partial charge in [0, 0.05) is 17.2 Å². The van der Waals surface area contributed by atoms with E-state index in [-0.39, 0.29) is 23.7 Å². The Bertz CT molecular complexity index is 1420. The molecule has 3 aliphatic carbocycles. The Kier molecular flexibility index (Phi) is 3.33. The number of imide groups is 1. The van der Waals surface area contributed by atoms with Crippen LogP contribution in [0.1, 0.15) is 41.0 Å². The van der Waals surface area contributed by atoms with Crippen LogP contribution in [0, 0.1) is 11.3 Å². The summed E-state index contributed by atoms with van der Waals surface area (Å²) in [7, 11) is 0. The van der Waals surface area contributed by atoms with Gasteiger partial charge in [-0.25, -0.2) is 4.90 Å². The summed E-state index contributed by atoms with van der Waals surface area (Å²) in [6.45, 7) is 2.02. The summed E-state index contributed by atoms with van der Waals surface area (Å²) in [5.41, 5.74) is 4.66. The summed E-state index contributed by atoms with van der Waals surface area (Å²) in [6.07, 6.45) is 0. The van der Waals surface area contributed by atoms with Crippen molar-refractivity contribution in [2.75, 3.05) is 4.90 Å². The highest BCUT2D eigenvalue weighted by Gasteiger charge is 2.68. The normalized spacial score (nSPS) is 27.4. The molecule has 0 saturated carbocycles. The predicted octanol–water partition coefficient (Wildman–Crippen LogP) is 5.63. The molecule has 0 aromatic heterocycles. The average Bonchev–Trinajstić information content (AvgIpc) is 3.04. The Hall–Kier alpha value is -3.72. The molecule has 4 aromatic carbocycles. The third kappa shape index (κ3) is 1.93. The van der Waals surface area contributed by atoms with E-state index >= 15 is 0 Å². The van der Waals surface area contributed by atoms with Gasteiger partial charge in [0.25, 0.3) is 0 Å². The van der Waals surface area contributed by atoms with Crippen molar-refractivity contribution < 1.29 is 9.59 Å². The first-order valence-corrected chi connectivity index (χ1v) is 11.2. The van der Waals surface area contributed by atoms with Crippen LogP contribution in [0.25, 0.3) is 10.8 Å². The fourth-order valence-corrected chi connectivity index (χ4v) is 6.75. The first-order valence-electron chi connectivity index (χ1n) is 11.2. The van der Waals surface area contributed by atoms with Gasteiger partial charge in [0.05, 0.1) is 17.0 Å². The van der Waals surface area contributed by atoms with Gasteiger partial charge in [0.2, 0.25) is 11.8 Å². The molecule has 0 radical (unpaired) electrons. The standard InChI is InChI=1S/C29H21NO2/c1-29-25-21-14-6-4-12-19(21)24(20-13-5-7-15-22(20)25)26(29)27(31)30(28(29)32)23-16-8-10-17-9-2-3-11-18(17)23/h2-16,24-26H,1H3/t24?,25?,26-,29+/m0/s1. The number of amides is 2. The molecule has 4 aliphatic rings. The number of hydrogen-bond acceptors (Lipinski definition) is 2. The third-order valence-electron chi connectivity index (χ3n) is 8.02. The number of anilines is 1. The number of carbonyl (C=O) groups excluding carboxylic acids is 2. The van der Waals surface area contributed by atoms with Gasteiger partial charge in [0.1, 0.15) is 0 Å². The lowest BCUT2D eigenvalue weighted by atomic mass is 9.48. The zero-order valence-electron chi connectivity index (χ0n) is 17.7. The Balaban J connectivity index is 1.50. The van der Waals surface area contributed by atoms with Crippen LogP contribution in [-0.2, 0) is 9.59 Å². The van der Waals surface area contributed by atoms with Crippen molar-refractivity contribution in [2.24, 2.45) is 11.3 Å². The van der Waals surface area contributed by atoms with Gasteiger partial charge in [0.15, 0.2) is 0 Å². The van der Waals surface area contributed by atoms with Crippen molar-refractivity contribution in [1.82, 2.24) is 0 Å². The lowest BCUT2D eigenvalue weighted by Crippen LogP contribution is -2.49. The second-order valence-electron chi connectivity index (χ2n) is 9.41. The van der Waals surface area contributed by atoms with Crippen molar-refractivity contribution in [3.63, 3.8) is 0 Å². The highest BCUT2D eigenvalue weighted by molar-refractivity contribution is 6.27. The molecule has 0 N–H and O–H groups in total. The second-order valence-corrected chi connectivity index (χ2v) is 9.41. The first-order chi connectivity index (χ1) is 15.6. The van der Waals surface area contributed by atoms with Gasteiger partial charge < -0.3 is 0 Å². The van der Waals surface area contributed by atoms with E-state index in [1.54, 1.807) is 0 Å². The minimum absolute atomic E-state index is 0.0761. The average molecular weight is 415 g/mol. The van der Waals surface area contributed by atoms with E-state index in [1.165, 1.54) is 27.2 Å². The lowest BCUT2D eigenvalue weighted by molar-refractivity contribution is -0.128. The van der Waals surface area contributed by atoms with Crippen molar-refractivity contribution in [1.29, 1.82) is 0 Å². The number of fused-ring (bicyclic) bond motifs is 1. The van der Waals surface area contributed by atoms with Gasteiger partial charge in [-0.3, -0.25) is 9.59 Å². The fourth-order valence-electron chi connectivity index (χ4n) is 6.75. The van der Waals surface area contributed by atoms with E-state index in [2.05, 4.69) is 24.3 Å². The number of rotatable bonds is 1. The van der Waals surface area contributed by atoms with Gasteiger partial charge in [-0.2, -0.15) is 0 Å². The maximum atomic E-state index is 14.2. The first kappa shape index (κ1) is 17.9. The summed E-state index contributed by atoms with van der Waals surface area (Å²) in [6, 6.07) is 30.6. The SMILES string of the molecule is C[C@]12C(=O)N(c3cccc4ccccc34)C(=O)[C@@H]1C1c3ccccc3C2c2ccccc21. The van der Waals surface area contributed by atoms with Crippen LogP contribution in [0.4, 0.5) is 5.69 Å². The number of nitrogens with zero attached hydrogens (tertiary/aromatic N) is 1. The van der Waals surface area contributed by atoms with Crippen LogP contribution < -0.4 is 4.90 Å². The molecule has 2 bridgehead atoms. The second kappa shape index (κ2) is 5.95. The molecule has 1 saturated heterocycles. The molecule has 1 fully saturated rings. The summed E-state index contributed by atoms with van der Waals surface area (Å²) in [5, 5.41) is 1.96. The zero-order chi connectivity index (χ0) is 21.6. The number of hydrogen-bond donors (Lipinski definition) is 0. The quantitative estimate of drug-likeness (QED) is 0.378. The van der Waals surface area contributed by atoms with E-state index in [9.17, 15) is 9.59 Å². The molecule has 4 aromatic rings. The van der Waals surface area contributed by atoms with Crippen molar-refractivity contribution in [2.45, 2.75) is 18.8 Å². The van der Waals surface area contributed by atoms with Crippen LogP contribution in [-0.4, -0.2) is 11.8 Å². The van der Waals surface area contributed by atoms with Gasteiger partial charge >= 0.3 is 0 Å². The molecule has 154 valence electrons. The molecule has 2 atom stereocenters. The minimum atomic E-state index is -0.804. The van der Waals surface area contributed by atoms with Crippen LogP contribution in [0.5, 0.6) is 0 Å². The van der Waals surface area contributed by atoms with E-state index in [0.29, 0.717) is 5.69 Å². The summed E-state index contributed by atoms with van der Waals surface area (Å²) in [5.74, 6) is -0.783. The molecule has 1 heterocycles. The molecular formula is C29H21NO2. The molecule has 0 unspecified atom stereocenters. The third-order valence-corrected chi connectivity index (χ3v) is 8.02. The highest BCUT2D eigenvalue weighted by Crippen LogP contribution is 2.67. The van der Waals surface area contributed by atoms with E-state index < -0.39 is 11.3 Å². The van der Waals surface area contributed by atoms with E-state index in [4.69, 9.17) is 0 Å². The minimum Gasteiger partial charge on any atom is -0.274 e. The number of carbonyl (C=O) groups is 2. The summed E-state index contributed by atoms with van der Waals surface area (Å²) in [4.78, 5) is 29.8. The zero-order valence-corrected chi connectivity index (χ0v) is 17.7. The van der Waals surface area contributed by atoms with Crippen LogP contribution in [0.2, 0.25) is 0 Å². The smallest absolute Gasteiger partial charge is 0.241 e. The molecular weight excluding hydrogens is 394 g/mol. The molecule has 8 rings (SSSR count). The van der Waals surface area contributed by atoms with Crippen molar-refractivity contribution in [3.05, 3.63) is 113 Å². The maximum Gasteiger partial charge on any atom is 0.241 e. The molecule has 1 aliphatic heterocycles. The largest absolute Gasteiger partial charge is 0.274 e. The summed E-state index contributed by atoms with van der Waals surface area (Å²) >= 11 is 0. The van der Waals surface area contributed by atoms with Crippen molar-refractivity contribution in [3.8, 4) is 0 Å². The maximum absolute atomic E-state index is 14.2. The highest BCUT2D eigenvalue weighted by atomic mass is 16.2. The van der Waals surface area contributed by atoms with Crippen molar-refractivity contribution >= 4 is 28.3 Å². The van der Waals surface area contributed by atoms with Crippen LogP contribution >= 0.6 is 0 Å². The topological polar surface area (TPSA) is 37.4 Å². The monoisotopic (exact) mass is 415 g/mol. The molecule has 2 amide bonds. The van der Waals surface area contributed by atoms with E-state index in [0.717, 1.165) is 10.8 Å². The van der Waals surface area contributed by atoms with Crippen LogP contribution in [0.3, 0.4) is 0 Å². The Labute approximate surface area is 186 Å². The van der Waals surface area contributed by atoms with E-state index in [1.807, 2.05) is 73.7 Å². The fraction of sp³-hybridized carbons (Fsp3) is 0.172. The Morgan fingerprint density at radius 3 is 1.94 bits per heavy atom. The van der Waals surface area contributed by atoms with Crippen LogP contribution in [0.15, 0.2) is 91.0 Å². The number of benzene rings is 4. The molecule has 3 heteroatoms. The summed E-state index contributed by atoms with van der Waals surface area (Å²) < 4.78 is 0. The van der Waals surface area contributed by atoms with Gasteiger partial charge in [-0.15, -0.1) is 0 Å². The predicted molar refractivity (Wildman–Crippen MR) is 125 cm³/mol.